The molecule has 0 saturated heterocycles. The molecule has 19 heavy (non-hydrogen) atoms. The standard InChI is InChI=1S/C16H24FNO/c1-11-5-3-4-6-13(11)10-18-12(2)15-8-7-14(19)9-16(15)17/h7-9,11-13,18-19H,3-6,10H2,1-2H3. The quantitative estimate of drug-likeness (QED) is 0.862. The van der Waals surface area contributed by atoms with E-state index < -0.39 is 0 Å². The highest BCUT2D eigenvalue weighted by Crippen LogP contribution is 2.29. The number of benzene rings is 1. The normalized spacial score (nSPS) is 25.2. The van der Waals surface area contributed by atoms with Gasteiger partial charge in [-0.1, -0.05) is 32.3 Å². The Hall–Kier alpha value is -1.09. The summed E-state index contributed by atoms with van der Waals surface area (Å²) >= 11 is 0. The van der Waals surface area contributed by atoms with Crippen molar-refractivity contribution >= 4 is 0 Å². The van der Waals surface area contributed by atoms with Gasteiger partial charge < -0.3 is 10.4 Å². The van der Waals surface area contributed by atoms with Crippen molar-refractivity contribution in [3.05, 3.63) is 29.6 Å². The molecule has 0 heterocycles. The van der Waals surface area contributed by atoms with Crippen LogP contribution in [0.1, 0.15) is 51.1 Å². The fourth-order valence-electron chi connectivity index (χ4n) is 3.00. The average molecular weight is 265 g/mol. The Morgan fingerprint density at radius 3 is 2.79 bits per heavy atom. The molecule has 1 fully saturated rings. The van der Waals surface area contributed by atoms with Gasteiger partial charge in [-0.3, -0.25) is 0 Å². The SMILES string of the molecule is CC(NCC1CCCCC1C)c1ccc(O)cc1F. The maximum Gasteiger partial charge on any atom is 0.131 e. The molecule has 3 heteroatoms. The zero-order chi connectivity index (χ0) is 13.8. The van der Waals surface area contributed by atoms with E-state index in [1.807, 2.05) is 6.92 Å². The van der Waals surface area contributed by atoms with E-state index in [1.165, 1.54) is 31.7 Å². The molecular formula is C16H24FNO. The minimum atomic E-state index is -0.336. The van der Waals surface area contributed by atoms with Crippen LogP contribution in [-0.2, 0) is 0 Å². The zero-order valence-corrected chi connectivity index (χ0v) is 11.8. The van der Waals surface area contributed by atoms with E-state index in [0.717, 1.165) is 12.5 Å². The number of hydrogen-bond donors (Lipinski definition) is 2. The first-order valence-corrected chi connectivity index (χ1v) is 7.29. The Morgan fingerprint density at radius 1 is 1.37 bits per heavy atom. The summed E-state index contributed by atoms with van der Waals surface area (Å²) in [6.45, 7) is 5.24. The fourth-order valence-corrected chi connectivity index (χ4v) is 3.00. The number of halogens is 1. The van der Waals surface area contributed by atoms with Crippen molar-refractivity contribution in [2.75, 3.05) is 6.54 Å². The van der Waals surface area contributed by atoms with E-state index in [9.17, 15) is 9.50 Å². The third kappa shape index (κ3) is 3.69. The molecule has 1 aliphatic rings. The number of rotatable bonds is 4. The van der Waals surface area contributed by atoms with Gasteiger partial charge in [0.25, 0.3) is 0 Å². The van der Waals surface area contributed by atoms with Crippen LogP contribution in [0.3, 0.4) is 0 Å². The Morgan fingerprint density at radius 2 is 2.11 bits per heavy atom. The highest BCUT2D eigenvalue weighted by molar-refractivity contribution is 5.29. The van der Waals surface area contributed by atoms with Crippen LogP contribution in [-0.4, -0.2) is 11.7 Å². The molecule has 1 saturated carbocycles. The van der Waals surface area contributed by atoms with Crippen molar-refractivity contribution in [3.63, 3.8) is 0 Å². The van der Waals surface area contributed by atoms with Crippen LogP contribution in [0.25, 0.3) is 0 Å². The Labute approximate surface area is 115 Å². The van der Waals surface area contributed by atoms with E-state index >= 15 is 0 Å². The van der Waals surface area contributed by atoms with Gasteiger partial charge in [-0.05, 0) is 37.8 Å². The summed E-state index contributed by atoms with van der Waals surface area (Å²) in [6.07, 6.45) is 5.26. The van der Waals surface area contributed by atoms with Crippen LogP contribution in [0.5, 0.6) is 5.75 Å². The summed E-state index contributed by atoms with van der Waals surface area (Å²) < 4.78 is 13.7. The molecule has 2 rings (SSSR count). The highest BCUT2D eigenvalue weighted by Gasteiger charge is 2.22. The van der Waals surface area contributed by atoms with Crippen molar-refractivity contribution in [3.8, 4) is 5.75 Å². The molecule has 0 amide bonds. The second-order valence-electron chi connectivity index (χ2n) is 5.86. The van der Waals surface area contributed by atoms with Crippen molar-refractivity contribution in [2.45, 2.75) is 45.6 Å². The molecular weight excluding hydrogens is 241 g/mol. The second kappa shape index (κ2) is 6.38. The van der Waals surface area contributed by atoms with Crippen molar-refractivity contribution in [2.24, 2.45) is 11.8 Å². The van der Waals surface area contributed by atoms with Gasteiger partial charge in [0, 0.05) is 17.7 Å². The predicted octanol–water partition coefficient (Wildman–Crippen LogP) is 4.01. The van der Waals surface area contributed by atoms with Crippen LogP contribution < -0.4 is 5.32 Å². The van der Waals surface area contributed by atoms with Crippen LogP contribution >= 0.6 is 0 Å². The first kappa shape index (κ1) is 14.3. The fraction of sp³-hybridized carbons (Fsp3) is 0.625. The number of nitrogens with one attached hydrogen (secondary N) is 1. The van der Waals surface area contributed by atoms with E-state index in [0.29, 0.717) is 11.5 Å². The third-order valence-corrected chi connectivity index (χ3v) is 4.43. The molecule has 2 nitrogen and oxygen atoms in total. The van der Waals surface area contributed by atoms with Gasteiger partial charge in [-0.25, -0.2) is 4.39 Å². The number of phenolic OH excluding ortho intramolecular Hbond substituents is 1. The first-order chi connectivity index (χ1) is 9.08. The summed E-state index contributed by atoms with van der Waals surface area (Å²) in [4.78, 5) is 0. The number of phenols is 1. The molecule has 106 valence electrons. The summed E-state index contributed by atoms with van der Waals surface area (Å²) in [5.74, 6) is 1.11. The Kier molecular flexibility index (Phi) is 4.81. The lowest BCUT2D eigenvalue weighted by Crippen LogP contribution is -2.31. The average Bonchev–Trinajstić information content (AvgIpc) is 2.37. The number of hydrogen-bond acceptors (Lipinski definition) is 2. The monoisotopic (exact) mass is 265 g/mol. The molecule has 0 bridgehead atoms. The highest BCUT2D eigenvalue weighted by atomic mass is 19.1. The molecule has 0 radical (unpaired) electrons. The van der Waals surface area contributed by atoms with Crippen LogP contribution in [0, 0.1) is 17.7 Å². The van der Waals surface area contributed by atoms with E-state index in [4.69, 9.17) is 0 Å². The first-order valence-electron chi connectivity index (χ1n) is 7.29. The topological polar surface area (TPSA) is 32.3 Å². The van der Waals surface area contributed by atoms with Crippen LogP contribution in [0.4, 0.5) is 4.39 Å². The van der Waals surface area contributed by atoms with E-state index in [1.54, 1.807) is 12.1 Å². The lowest BCUT2D eigenvalue weighted by atomic mass is 9.80. The van der Waals surface area contributed by atoms with Crippen molar-refractivity contribution in [1.82, 2.24) is 5.32 Å². The summed E-state index contributed by atoms with van der Waals surface area (Å²) in [5.41, 5.74) is 0.626. The van der Waals surface area contributed by atoms with Gasteiger partial charge in [0.1, 0.15) is 11.6 Å². The minimum Gasteiger partial charge on any atom is -0.508 e. The molecule has 0 aromatic heterocycles. The molecule has 1 aromatic carbocycles. The largest absolute Gasteiger partial charge is 0.508 e. The zero-order valence-electron chi connectivity index (χ0n) is 11.8. The predicted molar refractivity (Wildman–Crippen MR) is 75.6 cm³/mol. The van der Waals surface area contributed by atoms with Crippen LogP contribution in [0.15, 0.2) is 18.2 Å². The maximum atomic E-state index is 13.7. The van der Waals surface area contributed by atoms with Gasteiger partial charge in [0.15, 0.2) is 0 Å². The molecule has 1 aliphatic carbocycles. The van der Waals surface area contributed by atoms with Crippen molar-refractivity contribution in [1.29, 1.82) is 0 Å². The van der Waals surface area contributed by atoms with Gasteiger partial charge in [-0.15, -0.1) is 0 Å². The molecule has 3 unspecified atom stereocenters. The van der Waals surface area contributed by atoms with Gasteiger partial charge in [0.2, 0.25) is 0 Å². The lowest BCUT2D eigenvalue weighted by Gasteiger charge is -2.30. The molecule has 0 aliphatic heterocycles. The van der Waals surface area contributed by atoms with Gasteiger partial charge in [-0.2, -0.15) is 0 Å². The van der Waals surface area contributed by atoms with Crippen molar-refractivity contribution < 1.29 is 9.50 Å². The Balaban J connectivity index is 1.91. The summed E-state index contributed by atoms with van der Waals surface area (Å²) in [6, 6.07) is 4.36. The molecule has 1 aromatic rings. The molecule has 2 N–H and O–H groups in total. The molecule has 3 atom stereocenters. The summed E-state index contributed by atoms with van der Waals surface area (Å²) in [7, 11) is 0. The van der Waals surface area contributed by atoms with Gasteiger partial charge in [0.05, 0.1) is 0 Å². The molecule has 0 spiro atoms. The Bertz CT molecular complexity index is 421. The summed E-state index contributed by atoms with van der Waals surface area (Å²) in [5, 5.41) is 12.7. The van der Waals surface area contributed by atoms with E-state index in [-0.39, 0.29) is 17.6 Å². The van der Waals surface area contributed by atoms with E-state index in [2.05, 4.69) is 12.2 Å². The number of aromatic hydroxyl groups is 1. The maximum absolute atomic E-state index is 13.7. The van der Waals surface area contributed by atoms with Gasteiger partial charge >= 0.3 is 0 Å². The second-order valence-corrected chi connectivity index (χ2v) is 5.86. The van der Waals surface area contributed by atoms with Crippen LogP contribution in [0.2, 0.25) is 0 Å². The lowest BCUT2D eigenvalue weighted by molar-refractivity contribution is 0.242. The smallest absolute Gasteiger partial charge is 0.131 e. The third-order valence-electron chi connectivity index (χ3n) is 4.43. The minimum absolute atomic E-state index is 0.0188.